The van der Waals surface area contributed by atoms with E-state index in [2.05, 4.69) is 69.9 Å². The molecular weight excluding hydrogens is 240 g/mol. The van der Waals surface area contributed by atoms with E-state index in [4.69, 9.17) is 6.42 Å². The lowest BCUT2D eigenvalue weighted by Gasteiger charge is -1.87. The highest BCUT2D eigenvalue weighted by atomic mass is 16.6. The second kappa shape index (κ2) is 7.72. The zero-order valence-corrected chi connectivity index (χ0v) is 9.59. The van der Waals surface area contributed by atoms with E-state index in [1.807, 2.05) is 0 Å². The Morgan fingerprint density at radius 1 is 0.895 bits per heavy atom. The SMILES string of the molecule is C#CC#CC#CC#CC#CC#CC1CC(=O)OC1=O. The van der Waals surface area contributed by atoms with Gasteiger partial charge in [0.2, 0.25) is 0 Å². The molecule has 1 rings (SSSR count). The summed E-state index contributed by atoms with van der Waals surface area (Å²) < 4.78 is 4.31. The van der Waals surface area contributed by atoms with Crippen molar-refractivity contribution < 1.29 is 14.3 Å². The molecule has 86 valence electrons. The Balaban J connectivity index is 2.51. The number of carbonyl (C=O) groups excluding carboxylic acids is 2. The first-order valence-corrected chi connectivity index (χ1v) is 4.94. The van der Waals surface area contributed by atoms with Crippen LogP contribution in [0.25, 0.3) is 0 Å². The molecule has 3 nitrogen and oxygen atoms in total. The molecule has 0 N–H and O–H groups in total. The summed E-state index contributed by atoms with van der Waals surface area (Å²) in [5.41, 5.74) is 0. The maximum atomic E-state index is 11.0. The summed E-state index contributed by atoms with van der Waals surface area (Å²) >= 11 is 0. The van der Waals surface area contributed by atoms with Crippen LogP contribution in [-0.4, -0.2) is 11.9 Å². The molecule has 1 aliphatic rings. The summed E-state index contributed by atoms with van der Waals surface area (Å²) in [6.07, 6.45) is 4.85. The maximum Gasteiger partial charge on any atom is 0.329 e. The van der Waals surface area contributed by atoms with Crippen molar-refractivity contribution in [3.05, 3.63) is 0 Å². The minimum Gasteiger partial charge on any atom is -0.392 e. The third kappa shape index (κ3) is 5.39. The van der Waals surface area contributed by atoms with E-state index >= 15 is 0 Å². The third-order valence-corrected chi connectivity index (χ3v) is 1.69. The number of terminal acetylenes is 1. The Kier molecular flexibility index (Phi) is 5.51. The van der Waals surface area contributed by atoms with Gasteiger partial charge in [-0.15, -0.1) is 6.42 Å². The van der Waals surface area contributed by atoms with Crippen molar-refractivity contribution in [2.24, 2.45) is 5.92 Å². The van der Waals surface area contributed by atoms with Gasteiger partial charge in [0.25, 0.3) is 0 Å². The van der Waals surface area contributed by atoms with Crippen LogP contribution in [0.15, 0.2) is 0 Å². The molecule has 0 aromatic rings. The monoisotopic (exact) mass is 244 g/mol. The molecule has 0 saturated carbocycles. The molecule has 0 aliphatic carbocycles. The first-order valence-electron chi connectivity index (χ1n) is 4.94. The molecule has 1 aliphatic heterocycles. The van der Waals surface area contributed by atoms with E-state index in [9.17, 15) is 9.59 Å². The van der Waals surface area contributed by atoms with Crippen LogP contribution in [0.4, 0.5) is 0 Å². The number of hydrogen-bond donors (Lipinski definition) is 0. The van der Waals surface area contributed by atoms with Crippen molar-refractivity contribution in [3.8, 4) is 71.5 Å². The summed E-state index contributed by atoms with van der Waals surface area (Å²) in [5.74, 6) is 24.3. The zero-order chi connectivity index (χ0) is 13.9. The van der Waals surface area contributed by atoms with E-state index in [0.717, 1.165) is 0 Å². The van der Waals surface area contributed by atoms with E-state index < -0.39 is 17.9 Å². The van der Waals surface area contributed by atoms with Gasteiger partial charge in [0, 0.05) is 0 Å². The molecule has 1 saturated heterocycles. The average Bonchev–Trinajstić information content (AvgIpc) is 2.70. The van der Waals surface area contributed by atoms with Crippen LogP contribution in [-0.2, 0) is 14.3 Å². The molecule has 0 amide bonds. The van der Waals surface area contributed by atoms with Crippen molar-refractivity contribution in [1.29, 1.82) is 0 Å². The maximum absolute atomic E-state index is 11.0. The van der Waals surface area contributed by atoms with Gasteiger partial charge in [0.05, 0.1) is 6.42 Å². The van der Waals surface area contributed by atoms with Crippen LogP contribution >= 0.6 is 0 Å². The third-order valence-electron chi connectivity index (χ3n) is 1.69. The minimum absolute atomic E-state index is 0.0293. The van der Waals surface area contributed by atoms with Crippen molar-refractivity contribution >= 4 is 11.9 Å². The zero-order valence-electron chi connectivity index (χ0n) is 9.59. The molecule has 1 fully saturated rings. The molecule has 0 aromatic heterocycles. The van der Waals surface area contributed by atoms with Crippen molar-refractivity contribution in [2.45, 2.75) is 6.42 Å². The van der Waals surface area contributed by atoms with Crippen LogP contribution < -0.4 is 0 Å². The van der Waals surface area contributed by atoms with Gasteiger partial charge in [0.1, 0.15) is 5.92 Å². The van der Waals surface area contributed by atoms with Gasteiger partial charge in [-0.05, 0) is 59.2 Å². The number of rotatable bonds is 0. The molecule has 1 heterocycles. The number of ether oxygens (including phenoxy) is 1. The minimum atomic E-state index is -0.728. The first-order chi connectivity index (χ1) is 9.24. The lowest BCUT2D eigenvalue weighted by atomic mass is 10.1. The van der Waals surface area contributed by atoms with Gasteiger partial charge in [-0.2, -0.15) is 0 Å². The molecule has 1 unspecified atom stereocenters. The Hall–Kier alpha value is -3.50. The van der Waals surface area contributed by atoms with Crippen LogP contribution in [0.2, 0.25) is 0 Å². The van der Waals surface area contributed by atoms with Gasteiger partial charge >= 0.3 is 11.9 Å². The molecule has 3 heteroatoms. The molecule has 0 bridgehead atoms. The van der Waals surface area contributed by atoms with Crippen LogP contribution in [0.1, 0.15) is 6.42 Å². The second-order valence-electron chi connectivity index (χ2n) is 2.96. The molecule has 1 atom stereocenters. The molecular formula is C16H4O3. The lowest BCUT2D eigenvalue weighted by molar-refractivity contribution is -0.152. The molecule has 0 radical (unpaired) electrons. The predicted octanol–water partition coefficient (Wildman–Crippen LogP) is -0.274. The highest BCUT2D eigenvalue weighted by molar-refractivity contribution is 5.96. The van der Waals surface area contributed by atoms with Crippen molar-refractivity contribution in [3.63, 3.8) is 0 Å². The van der Waals surface area contributed by atoms with Crippen molar-refractivity contribution in [2.75, 3.05) is 0 Å². The highest BCUT2D eigenvalue weighted by Crippen LogP contribution is 2.13. The summed E-state index contributed by atoms with van der Waals surface area (Å²) in [5, 5.41) is 0. The fourth-order valence-electron chi connectivity index (χ4n) is 0.963. The quantitative estimate of drug-likeness (QED) is 0.334. The summed E-state index contributed by atoms with van der Waals surface area (Å²) in [4.78, 5) is 21.7. The predicted molar refractivity (Wildman–Crippen MR) is 66.9 cm³/mol. The molecule has 0 aromatic carbocycles. The fourth-order valence-corrected chi connectivity index (χ4v) is 0.963. The summed E-state index contributed by atoms with van der Waals surface area (Å²) in [7, 11) is 0. The van der Waals surface area contributed by atoms with E-state index in [-0.39, 0.29) is 6.42 Å². The lowest BCUT2D eigenvalue weighted by Crippen LogP contribution is -2.04. The topological polar surface area (TPSA) is 43.4 Å². The molecule has 0 spiro atoms. The van der Waals surface area contributed by atoms with E-state index in [1.165, 1.54) is 0 Å². The standard InChI is InChI=1S/C16H4O3/c1-2-3-4-5-6-7-8-9-10-11-12-14-13-15(17)19-16(14)18/h1,14H,13H2. The number of esters is 2. The van der Waals surface area contributed by atoms with Gasteiger partial charge in [-0.3, -0.25) is 9.59 Å². The largest absolute Gasteiger partial charge is 0.392 e. The smallest absolute Gasteiger partial charge is 0.329 e. The Morgan fingerprint density at radius 3 is 1.89 bits per heavy atom. The van der Waals surface area contributed by atoms with Crippen LogP contribution in [0.3, 0.4) is 0 Å². The van der Waals surface area contributed by atoms with Crippen LogP contribution in [0.5, 0.6) is 0 Å². The normalized spacial score (nSPS) is 14.2. The van der Waals surface area contributed by atoms with E-state index in [0.29, 0.717) is 0 Å². The van der Waals surface area contributed by atoms with E-state index in [1.54, 1.807) is 0 Å². The highest BCUT2D eigenvalue weighted by Gasteiger charge is 2.31. The first kappa shape index (κ1) is 13.6. The fraction of sp³-hybridized carbons (Fsp3) is 0.125. The van der Waals surface area contributed by atoms with Gasteiger partial charge in [-0.1, -0.05) is 5.92 Å². The molecule has 19 heavy (non-hydrogen) atoms. The van der Waals surface area contributed by atoms with Gasteiger partial charge in [-0.25, -0.2) is 0 Å². The Labute approximate surface area is 111 Å². The van der Waals surface area contributed by atoms with Gasteiger partial charge in [0.15, 0.2) is 0 Å². The van der Waals surface area contributed by atoms with Crippen molar-refractivity contribution in [1.82, 2.24) is 0 Å². The Bertz CT molecular complexity index is 751. The summed E-state index contributed by atoms with van der Waals surface area (Å²) in [6, 6.07) is 0. The van der Waals surface area contributed by atoms with Gasteiger partial charge < -0.3 is 4.74 Å². The number of hydrogen-bond acceptors (Lipinski definition) is 3. The Morgan fingerprint density at radius 2 is 1.42 bits per heavy atom. The summed E-state index contributed by atoms with van der Waals surface area (Å²) in [6.45, 7) is 0. The number of cyclic esters (lactones) is 2. The second-order valence-corrected chi connectivity index (χ2v) is 2.96. The average molecular weight is 244 g/mol. The number of carbonyl (C=O) groups is 2. The van der Waals surface area contributed by atoms with Crippen LogP contribution in [0, 0.1) is 77.5 Å².